The van der Waals surface area contributed by atoms with Gasteiger partial charge < -0.3 is 27.0 Å². The molecular weight excluding hydrogens is 646 g/mol. The van der Waals surface area contributed by atoms with Gasteiger partial charge in [-0.1, -0.05) is 115 Å². The van der Waals surface area contributed by atoms with Crippen LogP contribution in [0.25, 0.3) is 11.1 Å². The number of benzene rings is 4. The predicted octanol–water partition coefficient (Wildman–Crippen LogP) is 2.81. The fourth-order valence-electron chi connectivity index (χ4n) is 5.26. The Balaban J connectivity index is 1.46. The third-order valence-corrected chi connectivity index (χ3v) is 8.29. The Labute approximate surface area is 297 Å². The minimum absolute atomic E-state index is 0.0118. The van der Waals surface area contributed by atoms with Gasteiger partial charge in [0.1, 0.15) is 17.6 Å². The largest absolute Gasteiger partial charge is 0.368 e. The van der Waals surface area contributed by atoms with Crippen molar-refractivity contribution in [1.82, 2.24) is 21.3 Å². The summed E-state index contributed by atoms with van der Waals surface area (Å²) in [6.45, 7) is 4.20. The van der Waals surface area contributed by atoms with Crippen molar-refractivity contribution in [2.24, 2.45) is 5.73 Å². The molecule has 0 radical (unpaired) electrons. The molecule has 11 heteroatoms. The summed E-state index contributed by atoms with van der Waals surface area (Å²) in [5.41, 5.74) is 8.18. The molecule has 0 aliphatic heterocycles. The van der Waals surface area contributed by atoms with E-state index < -0.39 is 59.0 Å². The molecule has 264 valence electrons. The fourth-order valence-corrected chi connectivity index (χ4v) is 5.26. The van der Waals surface area contributed by atoms with E-state index in [4.69, 9.17) is 5.73 Å². The Hall–Kier alpha value is -6.10. The maximum Gasteiger partial charge on any atom is 0.290 e. The van der Waals surface area contributed by atoms with Gasteiger partial charge >= 0.3 is 0 Å². The highest BCUT2D eigenvalue weighted by molar-refractivity contribution is 6.38. The summed E-state index contributed by atoms with van der Waals surface area (Å²) < 4.78 is 0. The van der Waals surface area contributed by atoms with Gasteiger partial charge in [0.25, 0.3) is 5.91 Å². The molecule has 51 heavy (non-hydrogen) atoms. The van der Waals surface area contributed by atoms with E-state index in [1.165, 1.54) is 20.8 Å². The van der Waals surface area contributed by atoms with Crippen molar-refractivity contribution in [3.63, 3.8) is 0 Å². The number of ketones is 1. The van der Waals surface area contributed by atoms with Gasteiger partial charge in [-0.05, 0) is 48.6 Å². The van der Waals surface area contributed by atoms with Gasteiger partial charge in [0.05, 0.1) is 12.5 Å². The number of carbonyl (C=O) groups excluding carboxylic acids is 6. The average Bonchev–Trinajstić information content (AvgIpc) is 3.12. The number of nitrogens with one attached hydrogen (secondary N) is 4. The minimum atomic E-state index is -1.44. The minimum Gasteiger partial charge on any atom is -0.368 e. The van der Waals surface area contributed by atoms with Crippen LogP contribution in [0.4, 0.5) is 0 Å². The summed E-state index contributed by atoms with van der Waals surface area (Å²) in [4.78, 5) is 78.4. The van der Waals surface area contributed by atoms with E-state index in [-0.39, 0.29) is 19.3 Å². The summed E-state index contributed by atoms with van der Waals surface area (Å²) in [6, 6.07) is 31.5. The maximum absolute atomic E-state index is 13.5. The van der Waals surface area contributed by atoms with Crippen molar-refractivity contribution in [3.05, 3.63) is 132 Å². The zero-order valence-corrected chi connectivity index (χ0v) is 28.8. The van der Waals surface area contributed by atoms with Crippen LogP contribution in [0.15, 0.2) is 115 Å². The Bertz CT molecular complexity index is 1830. The molecule has 3 atom stereocenters. The van der Waals surface area contributed by atoms with Crippen LogP contribution < -0.4 is 27.0 Å². The first-order valence-electron chi connectivity index (χ1n) is 16.6. The molecule has 0 saturated carbocycles. The number of primary amides is 1. The third-order valence-electron chi connectivity index (χ3n) is 8.29. The number of carbonyl (C=O) groups is 6. The lowest BCUT2D eigenvalue weighted by Crippen LogP contribution is -2.60. The predicted molar refractivity (Wildman–Crippen MR) is 194 cm³/mol. The van der Waals surface area contributed by atoms with E-state index >= 15 is 0 Å². The van der Waals surface area contributed by atoms with E-state index in [1.807, 2.05) is 78.9 Å². The van der Waals surface area contributed by atoms with Crippen molar-refractivity contribution in [3.8, 4) is 11.1 Å². The van der Waals surface area contributed by atoms with Crippen LogP contribution in [-0.4, -0.2) is 59.0 Å². The molecule has 0 aliphatic rings. The second-order valence-electron chi connectivity index (χ2n) is 12.8. The first-order chi connectivity index (χ1) is 24.3. The molecule has 0 aliphatic carbocycles. The normalized spacial score (nSPS) is 12.8. The van der Waals surface area contributed by atoms with Crippen LogP contribution in [0.1, 0.15) is 37.5 Å². The Morgan fingerprint density at radius 1 is 0.588 bits per heavy atom. The number of hydrogen-bond acceptors (Lipinski definition) is 6. The zero-order chi connectivity index (χ0) is 37.0. The topological polar surface area (TPSA) is 177 Å². The summed E-state index contributed by atoms with van der Waals surface area (Å²) in [6.07, 6.45) is 0.171. The van der Waals surface area contributed by atoms with E-state index in [0.29, 0.717) is 5.56 Å². The lowest BCUT2D eigenvalue weighted by Gasteiger charge is -2.27. The molecule has 0 fully saturated rings. The average molecular weight is 690 g/mol. The first-order valence-corrected chi connectivity index (χ1v) is 16.6. The highest BCUT2D eigenvalue weighted by Crippen LogP contribution is 2.20. The van der Waals surface area contributed by atoms with Crippen LogP contribution in [0.3, 0.4) is 0 Å². The number of amides is 5. The molecule has 6 N–H and O–H groups in total. The smallest absolute Gasteiger partial charge is 0.290 e. The number of rotatable bonds is 16. The van der Waals surface area contributed by atoms with Gasteiger partial charge in [-0.15, -0.1) is 0 Å². The molecule has 0 saturated heterocycles. The highest BCUT2D eigenvalue weighted by atomic mass is 16.2. The fraction of sp³-hybridized carbons (Fsp3) is 0.250. The van der Waals surface area contributed by atoms with Crippen molar-refractivity contribution < 1.29 is 28.8 Å². The Morgan fingerprint density at radius 2 is 1.06 bits per heavy atom. The number of hydrogen-bond donors (Lipinski definition) is 5. The first kappa shape index (κ1) is 37.7. The standard InChI is InChI=1S/C40H43N5O6/c1-26(42-36(48)32(23-27-13-7-4-8-14-27)43-34(46)25-28-15-9-5-10-16-28)35(47)38(50)44-33(37(49)45-40(2,3)39(41)51)24-29-19-21-31(22-20-29)30-17-11-6-12-18-30/h4-22,26,32-33H,23-25H2,1-3H3,(H2,41,51)(H,42,48)(H,43,46)(H,44,50)(H,45,49). The Morgan fingerprint density at radius 3 is 1.61 bits per heavy atom. The van der Waals surface area contributed by atoms with Crippen LogP contribution in [0.5, 0.6) is 0 Å². The molecule has 0 heterocycles. The van der Waals surface area contributed by atoms with E-state index in [1.54, 1.807) is 36.4 Å². The van der Waals surface area contributed by atoms with E-state index in [9.17, 15) is 28.8 Å². The van der Waals surface area contributed by atoms with Crippen molar-refractivity contribution >= 4 is 35.3 Å². The SMILES string of the molecule is CC(NC(=O)C(Cc1ccccc1)NC(=O)Cc1ccccc1)C(=O)C(=O)NC(Cc1ccc(-c2ccccc2)cc1)C(=O)NC(C)(C)C(N)=O. The van der Waals surface area contributed by atoms with Crippen molar-refractivity contribution in [2.45, 2.75) is 63.7 Å². The number of nitrogens with two attached hydrogens (primary N) is 1. The molecule has 3 unspecified atom stereocenters. The van der Waals surface area contributed by atoms with Gasteiger partial charge in [0.2, 0.25) is 29.4 Å². The molecule has 4 aromatic carbocycles. The van der Waals surface area contributed by atoms with Crippen LogP contribution in [0, 0.1) is 0 Å². The van der Waals surface area contributed by atoms with E-state index in [0.717, 1.165) is 22.3 Å². The molecule has 0 bridgehead atoms. The van der Waals surface area contributed by atoms with Crippen molar-refractivity contribution in [1.29, 1.82) is 0 Å². The lowest BCUT2D eigenvalue weighted by atomic mass is 9.98. The van der Waals surface area contributed by atoms with Crippen LogP contribution >= 0.6 is 0 Å². The maximum atomic E-state index is 13.5. The van der Waals surface area contributed by atoms with Crippen LogP contribution in [0.2, 0.25) is 0 Å². The second-order valence-corrected chi connectivity index (χ2v) is 12.8. The van der Waals surface area contributed by atoms with Gasteiger partial charge in [-0.25, -0.2) is 0 Å². The number of Topliss-reactive ketones (excluding diaryl/α,β-unsaturated/α-hetero) is 1. The monoisotopic (exact) mass is 689 g/mol. The van der Waals surface area contributed by atoms with Gasteiger partial charge in [-0.3, -0.25) is 28.8 Å². The van der Waals surface area contributed by atoms with Gasteiger partial charge in [-0.2, -0.15) is 0 Å². The molecular formula is C40H43N5O6. The zero-order valence-electron chi connectivity index (χ0n) is 28.8. The molecule has 5 amide bonds. The molecule has 4 aromatic rings. The summed E-state index contributed by atoms with van der Waals surface area (Å²) >= 11 is 0. The highest BCUT2D eigenvalue weighted by Gasteiger charge is 2.34. The van der Waals surface area contributed by atoms with E-state index in [2.05, 4.69) is 21.3 Å². The Kier molecular flexibility index (Phi) is 13.0. The van der Waals surface area contributed by atoms with Gasteiger partial charge in [0, 0.05) is 12.8 Å². The van der Waals surface area contributed by atoms with Crippen molar-refractivity contribution in [2.75, 3.05) is 0 Å². The summed E-state index contributed by atoms with van der Waals surface area (Å²) in [7, 11) is 0. The third kappa shape index (κ3) is 11.2. The molecule has 11 nitrogen and oxygen atoms in total. The quantitative estimate of drug-likeness (QED) is 0.113. The molecule has 4 rings (SSSR count). The lowest BCUT2D eigenvalue weighted by molar-refractivity contribution is -0.141. The van der Waals surface area contributed by atoms with Gasteiger partial charge in [0.15, 0.2) is 0 Å². The summed E-state index contributed by atoms with van der Waals surface area (Å²) in [5.74, 6) is -4.70. The molecule has 0 aromatic heterocycles. The second kappa shape index (κ2) is 17.5. The summed E-state index contributed by atoms with van der Waals surface area (Å²) in [5, 5.41) is 10.3. The molecule has 0 spiro atoms. The van der Waals surface area contributed by atoms with Crippen LogP contribution in [-0.2, 0) is 48.0 Å².